The molecular formula is C26H27NO6S. The van der Waals surface area contributed by atoms with Crippen LogP contribution in [-0.2, 0) is 29.0 Å². The van der Waals surface area contributed by atoms with E-state index in [0.717, 1.165) is 47.8 Å². The van der Waals surface area contributed by atoms with E-state index < -0.39 is 18.1 Å². The van der Waals surface area contributed by atoms with Gasteiger partial charge in [-0.2, -0.15) is 11.8 Å². The van der Waals surface area contributed by atoms with Crippen molar-refractivity contribution in [1.82, 2.24) is 5.32 Å². The van der Waals surface area contributed by atoms with Crippen molar-refractivity contribution < 1.29 is 23.5 Å². The minimum Gasteiger partial charge on any atom is -0.445 e. The van der Waals surface area contributed by atoms with Gasteiger partial charge >= 0.3 is 17.7 Å². The summed E-state index contributed by atoms with van der Waals surface area (Å²) in [6.07, 6.45) is 5.19. The van der Waals surface area contributed by atoms with Crippen molar-refractivity contribution in [3.8, 4) is 5.75 Å². The first-order valence-electron chi connectivity index (χ1n) is 11.3. The lowest BCUT2D eigenvalue weighted by Gasteiger charge is -2.18. The molecule has 1 aliphatic carbocycles. The van der Waals surface area contributed by atoms with Crippen LogP contribution in [0.2, 0.25) is 0 Å². The van der Waals surface area contributed by atoms with Gasteiger partial charge in [0.1, 0.15) is 24.0 Å². The van der Waals surface area contributed by atoms with Crippen molar-refractivity contribution in [2.24, 2.45) is 0 Å². The Morgan fingerprint density at radius 2 is 1.85 bits per heavy atom. The number of nitrogens with one attached hydrogen (secondary N) is 1. The number of esters is 1. The SMILES string of the molecule is CSCC[C@@H](NC(=O)OCc1ccccc1)C(=O)Oc1ccc2c3c(c(=O)oc2c1)CCCC3. The number of fused-ring (bicyclic) bond motifs is 3. The van der Waals surface area contributed by atoms with Crippen LogP contribution in [0.4, 0.5) is 4.79 Å². The lowest BCUT2D eigenvalue weighted by atomic mass is 9.91. The van der Waals surface area contributed by atoms with Gasteiger partial charge in [0.05, 0.1) is 0 Å². The number of alkyl carbamates (subject to hydrolysis) is 1. The van der Waals surface area contributed by atoms with Gasteiger partial charge in [0.15, 0.2) is 0 Å². The molecule has 0 spiro atoms. The Morgan fingerprint density at radius 1 is 1.09 bits per heavy atom. The first-order valence-corrected chi connectivity index (χ1v) is 12.7. The molecule has 178 valence electrons. The van der Waals surface area contributed by atoms with Crippen LogP contribution >= 0.6 is 11.8 Å². The molecule has 0 saturated carbocycles. The van der Waals surface area contributed by atoms with Gasteiger partial charge in [-0.1, -0.05) is 30.3 Å². The first kappa shape index (κ1) is 23.9. The van der Waals surface area contributed by atoms with Gasteiger partial charge in [0, 0.05) is 17.0 Å². The van der Waals surface area contributed by atoms with Crippen LogP contribution in [0.1, 0.15) is 36.0 Å². The number of carbonyl (C=O) groups excluding carboxylic acids is 2. The van der Waals surface area contributed by atoms with E-state index >= 15 is 0 Å². The standard InChI is InChI=1S/C26H27NO6S/c1-34-14-13-22(27-26(30)31-16-17-7-3-2-4-8-17)25(29)32-18-11-12-20-19-9-5-6-10-21(19)24(28)33-23(20)15-18/h2-4,7-8,11-12,15,22H,5-6,9-10,13-14,16H2,1H3,(H,27,30)/t22-/m1/s1. The molecule has 8 heteroatoms. The molecular weight excluding hydrogens is 454 g/mol. The molecule has 4 rings (SSSR count). The molecule has 1 amide bonds. The number of carbonyl (C=O) groups is 2. The summed E-state index contributed by atoms with van der Waals surface area (Å²) in [5.74, 6) is 0.299. The van der Waals surface area contributed by atoms with Crippen molar-refractivity contribution in [2.75, 3.05) is 12.0 Å². The third kappa shape index (κ3) is 5.80. The lowest BCUT2D eigenvalue weighted by molar-refractivity contribution is -0.136. The lowest BCUT2D eigenvalue weighted by Crippen LogP contribution is -2.43. The molecule has 2 aromatic carbocycles. The molecule has 0 unspecified atom stereocenters. The fraction of sp³-hybridized carbons (Fsp3) is 0.346. The van der Waals surface area contributed by atoms with Crippen LogP contribution in [0, 0.1) is 0 Å². The zero-order valence-corrected chi connectivity index (χ0v) is 19.8. The monoisotopic (exact) mass is 481 g/mol. The van der Waals surface area contributed by atoms with Crippen LogP contribution in [0.25, 0.3) is 11.0 Å². The maximum absolute atomic E-state index is 12.9. The van der Waals surface area contributed by atoms with E-state index in [4.69, 9.17) is 13.9 Å². The van der Waals surface area contributed by atoms with E-state index in [-0.39, 0.29) is 18.0 Å². The normalized spacial score (nSPS) is 13.7. The maximum atomic E-state index is 12.9. The largest absolute Gasteiger partial charge is 0.445 e. The third-order valence-electron chi connectivity index (χ3n) is 5.81. The topological polar surface area (TPSA) is 94.8 Å². The summed E-state index contributed by atoms with van der Waals surface area (Å²) in [7, 11) is 0. The van der Waals surface area contributed by atoms with E-state index in [1.807, 2.05) is 42.7 Å². The molecule has 1 atom stereocenters. The summed E-state index contributed by atoms with van der Waals surface area (Å²) in [4.78, 5) is 37.6. The summed E-state index contributed by atoms with van der Waals surface area (Å²) in [6, 6.07) is 13.5. The number of amides is 1. The van der Waals surface area contributed by atoms with Crippen molar-refractivity contribution in [1.29, 1.82) is 0 Å². The molecule has 1 heterocycles. The molecule has 34 heavy (non-hydrogen) atoms. The average Bonchev–Trinajstić information content (AvgIpc) is 2.86. The van der Waals surface area contributed by atoms with Crippen LogP contribution in [0.3, 0.4) is 0 Å². The van der Waals surface area contributed by atoms with Crippen LogP contribution in [-0.4, -0.2) is 30.1 Å². The highest BCUT2D eigenvalue weighted by Gasteiger charge is 2.24. The number of aryl methyl sites for hydroxylation is 1. The minimum absolute atomic E-state index is 0.102. The summed E-state index contributed by atoms with van der Waals surface area (Å²) in [6.45, 7) is 0.102. The van der Waals surface area contributed by atoms with Crippen molar-refractivity contribution in [3.05, 3.63) is 75.6 Å². The molecule has 0 aliphatic heterocycles. The van der Waals surface area contributed by atoms with E-state index in [9.17, 15) is 14.4 Å². The van der Waals surface area contributed by atoms with E-state index in [1.165, 1.54) is 0 Å². The van der Waals surface area contributed by atoms with Gasteiger partial charge in [-0.3, -0.25) is 0 Å². The molecule has 1 aromatic heterocycles. The van der Waals surface area contributed by atoms with Gasteiger partial charge in [0.25, 0.3) is 0 Å². The second kappa shape index (κ2) is 11.2. The molecule has 3 aromatic rings. The predicted molar refractivity (Wildman–Crippen MR) is 131 cm³/mol. The zero-order valence-electron chi connectivity index (χ0n) is 19.0. The predicted octanol–water partition coefficient (Wildman–Crippen LogP) is 4.63. The molecule has 0 bridgehead atoms. The van der Waals surface area contributed by atoms with Crippen molar-refractivity contribution in [3.63, 3.8) is 0 Å². The molecule has 1 aliphatic rings. The summed E-state index contributed by atoms with van der Waals surface area (Å²) in [5, 5.41) is 3.48. The van der Waals surface area contributed by atoms with Crippen LogP contribution < -0.4 is 15.7 Å². The average molecular weight is 482 g/mol. The van der Waals surface area contributed by atoms with Gasteiger partial charge in [-0.25, -0.2) is 14.4 Å². The Balaban J connectivity index is 1.45. The highest BCUT2D eigenvalue weighted by atomic mass is 32.2. The molecule has 0 saturated heterocycles. The Labute approximate surface area is 201 Å². The van der Waals surface area contributed by atoms with Gasteiger partial charge in [0.2, 0.25) is 0 Å². The first-order chi connectivity index (χ1) is 16.5. The van der Waals surface area contributed by atoms with Crippen LogP contribution in [0.15, 0.2) is 57.7 Å². The Hall–Kier alpha value is -3.26. The number of benzene rings is 2. The Morgan fingerprint density at radius 3 is 2.62 bits per heavy atom. The Bertz CT molecular complexity index is 1220. The minimum atomic E-state index is -0.873. The molecule has 0 radical (unpaired) electrons. The highest BCUT2D eigenvalue weighted by Crippen LogP contribution is 2.29. The van der Waals surface area contributed by atoms with E-state index in [0.29, 0.717) is 17.8 Å². The fourth-order valence-electron chi connectivity index (χ4n) is 4.07. The number of ether oxygens (including phenoxy) is 2. The highest BCUT2D eigenvalue weighted by molar-refractivity contribution is 7.98. The van der Waals surface area contributed by atoms with Crippen molar-refractivity contribution in [2.45, 2.75) is 44.8 Å². The smallest absolute Gasteiger partial charge is 0.408 e. The van der Waals surface area contributed by atoms with E-state index in [1.54, 1.807) is 23.9 Å². The molecule has 0 fully saturated rings. The fourth-order valence-corrected chi connectivity index (χ4v) is 4.54. The Kier molecular flexibility index (Phi) is 7.90. The summed E-state index contributed by atoms with van der Waals surface area (Å²) >= 11 is 1.56. The second-order valence-electron chi connectivity index (χ2n) is 8.17. The molecule has 7 nitrogen and oxygen atoms in total. The number of hydrogen-bond donors (Lipinski definition) is 1. The summed E-state index contributed by atoms with van der Waals surface area (Å²) < 4.78 is 16.3. The molecule has 1 N–H and O–H groups in total. The third-order valence-corrected chi connectivity index (χ3v) is 6.46. The quantitative estimate of drug-likeness (QED) is 0.285. The maximum Gasteiger partial charge on any atom is 0.408 e. The number of hydrogen-bond acceptors (Lipinski definition) is 7. The van der Waals surface area contributed by atoms with Gasteiger partial charge in [-0.15, -0.1) is 0 Å². The summed E-state index contributed by atoms with van der Waals surface area (Å²) in [5.41, 5.74) is 2.69. The van der Waals surface area contributed by atoms with Crippen LogP contribution in [0.5, 0.6) is 5.75 Å². The number of thioether (sulfide) groups is 1. The van der Waals surface area contributed by atoms with Gasteiger partial charge in [-0.05, 0) is 67.4 Å². The van der Waals surface area contributed by atoms with E-state index in [2.05, 4.69) is 5.32 Å². The second-order valence-corrected chi connectivity index (χ2v) is 9.16. The van der Waals surface area contributed by atoms with Crippen molar-refractivity contribution >= 4 is 34.8 Å². The zero-order chi connectivity index (χ0) is 23.9. The number of rotatable bonds is 8. The van der Waals surface area contributed by atoms with Gasteiger partial charge < -0.3 is 19.2 Å².